The third kappa shape index (κ3) is 3.87. The quantitative estimate of drug-likeness (QED) is 0.818. The normalized spacial score (nSPS) is 28.1. The van der Waals surface area contributed by atoms with E-state index in [0.717, 1.165) is 31.7 Å². The molecule has 2 bridgehead atoms. The van der Waals surface area contributed by atoms with Crippen LogP contribution in [0.4, 0.5) is 0 Å². The number of nitrogens with zero attached hydrogens (tertiary/aromatic N) is 3. The van der Waals surface area contributed by atoms with Gasteiger partial charge in [-0.15, -0.1) is 0 Å². The molecule has 4 atom stereocenters. The van der Waals surface area contributed by atoms with E-state index in [9.17, 15) is 9.59 Å². The van der Waals surface area contributed by atoms with Crippen molar-refractivity contribution in [2.75, 3.05) is 26.7 Å². The lowest BCUT2D eigenvalue weighted by Crippen LogP contribution is -2.64. The molecule has 7 heteroatoms. The molecule has 3 saturated heterocycles. The zero-order chi connectivity index (χ0) is 21.4. The zero-order valence-electron chi connectivity index (χ0n) is 18.0. The van der Waals surface area contributed by atoms with Crippen LogP contribution < -0.4 is 10.3 Å². The first kappa shape index (κ1) is 20.2. The molecule has 1 aromatic heterocycles. The number of hydrogen-bond donors (Lipinski definition) is 1. The van der Waals surface area contributed by atoms with E-state index in [-0.39, 0.29) is 17.0 Å². The molecule has 3 aliphatic rings. The fourth-order valence-electron chi connectivity index (χ4n) is 6.06. The van der Waals surface area contributed by atoms with E-state index >= 15 is 0 Å². The highest BCUT2D eigenvalue weighted by atomic mass is 16.5. The van der Waals surface area contributed by atoms with Crippen LogP contribution in [0.1, 0.15) is 41.6 Å². The molecule has 4 heterocycles. The second-order valence-corrected chi connectivity index (χ2v) is 9.18. The van der Waals surface area contributed by atoms with Gasteiger partial charge < -0.3 is 14.6 Å². The van der Waals surface area contributed by atoms with Gasteiger partial charge in [-0.25, -0.2) is 4.98 Å². The number of rotatable bonds is 4. The number of H-pyrrole nitrogens is 1. The molecule has 0 radical (unpaired) electrons. The minimum Gasteiger partial charge on any atom is -0.497 e. The number of aromatic amines is 1. The Morgan fingerprint density at radius 3 is 2.97 bits per heavy atom. The Balaban J connectivity index is 1.42. The molecule has 0 unspecified atom stereocenters. The molecular weight excluding hydrogens is 392 g/mol. The highest BCUT2D eigenvalue weighted by molar-refractivity contribution is 5.93. The Labute approximate surface area is 182 Å². The summed E-state index contributed by atoms with van der Waals surface area (Å²) in [5.74, 6) is 1.57. The predicted octanol–water partition coefficient (Wildman–Crippen LogP) is 2.34. The monoisotopic (exact) mass is 422 g/mol. The number of aromatic nitrogens is 2. The van der Waals surface area contributed by atoms with Gasteiger partial charge in [-0.2, -0.15) is 0 Å². The molecule has 1 amide bonds. The van der Waals surface area contributed by atoms with Gasteiger partial charge >= 0.3 is 0 Å². The summed E-state index contributed by atoms with van der Waals surface area (Å²) in [5.41, 5.74) is 1.06. The van der Waals surface area contributed by atoms with Crippen LogP contribution in [-0.4, -0.2) is 64.5 Å². The van der Waals surface area contributed by atoms with Gasteiger partial charge in [0.25, 0.3) is 11.5 Å². The average molecular weight is 423 g/mol. The predicted molar refractivity (Wildman–Crippen MR) is 117 cm³/mol. The van der Waals surface area contributed by atoms with Gasteiger partial charge in [0.1, 0.15) is 11.3 Å². The van der Waals surface area contributed by atoms with E-state index in [4.69, 9.17) is 4.74 Å². The number of carbonyl (C=O) groups excluding carboxylic acids is 1. The maximum atomic E-state index is 13.2. The van der Waals surface area contributed by atoms with Gasteiger partial charge in [-0.3, -0.25) is 14.5 Å². The number of piperidine rings is 3. The molecule has 5 rings (SSSR count). The molecule has 31 heavy (non-hydrogen) atoms. The largest absolute Gasteiger partial charge is 0.497 e. The zero-order valence-corrected chi connectivity index (χ0v) is 18.0. The van der Waals surface area contributed by atoms with Crippen LogP contribution in [0.15, 0.2) is 41.6 Å². The standard InChI is InChI=1S/C24H30N4O3/c1-31-19-6-4-5-16(9-19)10-22-18-11-17(21-7-2-3-8-28(21)22)13-27(14-18)24(30)20-12-25-15-26-23(20)29/h4-6,9,12,15,17-18,21-22H,2-3,7-8,10-11,13-14H2,1H3,(H,25,26,29)/t17-,18+,21+,22+/m1/s1. The summed E-state index contributed by atoms with van der Waals surface area (Å²) in [6, 6.07) is 9.26. The van der Waals surface area contributed by atoms with Crippen molar-refractivity contribution < 1.29 is 9.53 Å². The first-order chi connectivity index (χ1) is 15.1. The molecule has 0 aliphatic carbocycles. The lowest BCUT2D eigenvalue weighted by molar-refractivity contribution is -0.0642. The van der Waals surface area contributed by atoms with Crippen LogP contribution >= 0.6 is 0 Å². The van der Waals surface area contributed by atoms with Gasteiger partial charge in [0.2, 0.25) is 0 Å². The number of ether oxygens (including phenoxy) is 1. The second kappa shape index (κ2) is 8.46. The topological polar surface area (TPSA) is 78.5 Å². The summed E-state index contributed by atoms with van der Waals surface area (Å²) in [7, 11) is 1.70. The molecule has 3 aliphatic heterocycles. The van der Waals surface area contributed by atoms with Crippen LogP contribution in [0.5, 0.6) is 5.75 Å². The van der Waals surface area contributed by atoms with Crippen molar-refractivity contribution in [3.05, 3.63) is 58.3 Å². The van der Waals surface area contributed by atoms with E-state index in [1.165, 1.54) is 37.4 Å². The van der Waals surface area contributed by atoms with Crippen LogP contribution in [0.25, 0.3) is 0 Å². The molecule has 2 aromatic rings. The van der Waals surface area contributed by atoms with E-state index in [0.29, 0.717) is 30.5 Å². The van der Waals surface area contributed by atoms with E-state index in [1.54, 1.807) is 7.11 Å². The average Bonchev–Trinajstić information content (AvgIpc) is 2.81. The first-order valence-electron chi connectivity index (χ1n) is 11.3. The Bertz CT molecular complexity index is 1010. The highest BCUT2D eigenvalue weighted by Gasteiger charge is 2.48. The van der Waals surface area contributed by atoms with Crippen molar-refractivity contribution in [3.63, 3.8) is 0 Å². The molecular formula is C24H30N4O3. The Morgan fingerprint density at radius 1 is 1.26 bits per heavy atom. The molecule has 0 spiro atoms. The number of likely N-dealkylation sites (tertiary alicyclic amines) is 1. The summed E-state index contributed by atoms with van der Waals surface area (Å²) in [6.45, 7) is 2.57. The van der Waals surface area contributed by atoms with Gasteiger partial charge in [-0.05, 0) is 61.8 Å². The Hall–Kier alpha value is -2.67. The van der Waals surface area contributed by atoms with Gasteiger partial charge in [0.15, 0.2) is 0 Å². The maximum absolute atomic E-state index is 13.2. The number of amides is 1. The van der Waals surface area contributed by atoms with Gasteiger partial charge in [-0.1, -0.05) is 18.6 Å². The fourth-order valence-corrected chi connectivity index (χ4v) is 6.06. The Morgan fingerprint density at radius 2 is 2.13 bits per heavy atom. The molecule has 164 valence electrons. The summed E-state index contributed by atoms with van der Waals surface area (Å²) in [4.78, 5) is 36.5. The number of methoxy groups -OCH3 is 1. The smallest absolute Gasteiger partial charge is 0.263 e. The lowest BCUT2D eigenvalue weighted by Gasteiger charge is -2.57. The number of benzene rings is 1. The number of fused-ring (bicyclic) bond motifs is 4. The van der Waals surface area contributed by atoms with Crippen LogP contribution in [0, 0.1) is 11.8 Å². The summed E-state index contributed by atoms with van der Waals surface area (Å²) >= 11 is 0. The summed E-state index contributed by atoms with van der Waals surface area (Å²) < 4.78 is 5.44. The van der Waals surface area contributed by atoms with Crippen molar-refractivity contribution in [2.24, 2.45) is 11.8 Å². The van der Waals surface area contributed by atoms with E-state index < -0.39 is 0 Å². The second-order valence-electron chi connectivity index (χ2n) is 9.18. The number of nitrogens with one attached hydrogen (secondary N) is 1. The molecule has 1 N–H and O–H groups in total. The third-order valence-electron chi connectivity index (χ3n) is 7.44. The number of hydrogen-bond acceptors (Lipinski definition) is 5. The van der Waals surface area contributed by atoms with Crippen LogP contribution in [-0.2, 0) is 6.42 Å². The molecule has 3 fully saturated rings. The van der Waals surface area contributed by atoms with Crippen molar-refractivity contribution in [3.8, 4) is 5.75 Å². The van der Waals surface area contributed by atoms with Crippen LogP contribution in [0.2, 0.25) is 0 Å². The van der Waals surface area contributed by atoms with Gasteiger partial charge in [0.05, 0.1) is 13.4 Å². The fraction of sp³-hybridized carbons (Fsp3) is 0.542. The maximum Gasteiger partial charge on any atom is 0.263 e. The highest BCUT2D eigenvalue weighted by Crippen LogP contribution is 2.42. The minimum absolute atomic E-state index is 0.146. The van der Waals surface area contributed by atoms with Crippen molar-refractivity contribution in [1.29, 1.82) is 0 Å². The van der Waals surface area contributed by atoms with Crippen LogP contribution in [0.3, 0.4) is 0 Å². The molecule has 7 nitrogen and oxygen atoms in total. The summed E-state index contributed by atoms with van der Waals surface area (Å²) in [5, 5.41) is 0. The lowest BCUT2D eigenvalue weighted by atomic mass is 9.71. The van der Waals surface area contributed by atoms with Crippen molar-refractivity contribution >= 4 is 5.91 Å². The van der Waals surface area contributed by atoms with Crippen molar-refractivity contribution in [1.82, 2.24) is 19.8 Å². The van der Waals surface area contributed by atoms with Gasteiger partial charge in [0, 0.05) is 31.4 Å². The molecule has 1 aromatic carbocycles. The van der Waals surface area contributed by atoms with E-state index in [2.05, 4.69) is 33.1 Å². The van der Waals surface area contributed by atoms with E-state index in [1.807, 2.05) is 11.0 Å². The molecule has 0 saturated carbocycles. The SMILES string of the molecule is COc1cccc(C[C@H]2[C@H]3C[C@H](CN(C(=O)c4cnc[nH]c4=O)C3)[C@@H]3CCCCN32)c1. The first-order valence-corrected chi connectivity index (χ1v) is 11.3. The van der Waals surface area contributed by atoms with Crippen molar-refractivity contribution in [2.45, 2.75) is 44.2 Å². The Kier molecular flexibility index (Phi) is 5.52. The minimum atomic E-state index is -0.358. The third-order valence-corrected chi connectivity index (χ3v) is 7.44. The number of carbonyl (C=O) groups is 1. The summed E-state index contributed by atoms with van der Waals surface area (Å²) in [6.07, 6.45) is 8.54.